The fourth-order valence-corrected chi connectivity index (χ4v) is 3.99. The highest BCUT2D eigenvalue weighted by Gasteiger charge is 2.30. The van der Waals surface area contributed by atoms with Crippen LogP contribution in [0.2, 0.25) is 0 Å². The highest BCUT2D eigenvalue weighted by Crippen LogP contribution is 2.22. The van der Waals surface area contributed by atoms with Crippen LogP contribution < -0.4 is 5.32 Å². The lowest BCUT2D eigenvalue weighted by molar-refractivity contribution is -0.141. The summed E-state index contributed by atoms with van der Waals surface area (Å²) in [5, 5.41) is 3.22. The quantitative estimate of drug-likeness (QED) is 0.740. The molecule has 2 aliphatic rings. The van der Waals surface area contributed by atoms with Gasteiger partial charge in [0.15, 0.2) is 0 Å². The van der Waals surface area contributed by atoms with E-state index in [0.29, 0.717) is 6.54 Å². The van der Waals surface area contributed by atoms with Crippen LogP contribution in [0.5, 0.6) is 0 Å². The average Bonchev–Trinajstić information content (AvgIpc) is 2.66. The molecule has 0 unspecified atom stereocenters. The van der Waals surface area contributed by atoms with Gasteiger partial charge in [-0.15, -0.1) is 0 Å². The zero-order valence-electron chi connectivity index (χ0n) is 17.2. The van der Waals surface area contributed by atoms with Crippen molar-refractivity contribution in [3.63, 3.8) is 0 Å². The van der Waals surface area contributed by atoms with Gasteiger partial charge in [0.2, 0.25) is 11.8 Å². The molecule has 0 radical (unpaired) electrons. The zero-order chi connectivity index (χ0) is 19.1. The minimum absolute atomic E-state index is 0.0781. The molecular weight excluding hydrogens is 328 g/mol. The normalized spacial score (nSPS) is 20.6. The summed E-state index contributed by atoms with van der Waals surface area (Å²) in [7, 11) is 3.89. The number of nitrogens with one attached hydrogen (secondary N) is 1. The van der Waals surface area contributed by atoms with E-state index in [4.69, 9.17) is 0 Å². The molecule has 2 saturated heterocycles. The first-order chi connectivity index (χ1) is 12.4. The van der Waals surface area contributed by atoms with Crippen LogP contribution in [0.3, 0.4) is 0 Å². The maximum atomic E-state index is 12.6. The van der Waals surface area contributed by atoms with Gasteiger partial charge in [-0.25, -0.2) is 0 Å². The maximum Gasteiger partial charge on any atom is 0.236 e. The summed E-state index contributed by atoms with van der Waals surface area (Å²) in [6, 6.07) is 0.234. The molecule has 0 aromatic carbocycles. The Hall–Kier alpha value is -1.14. The van der Waals surface area contributed by atoms with Crippen molar-refractivity contribution in [2.45, 2.75) is 52.0 Å². The van der Waals surface area contributed by atoms with Crippen LogP contribution in [0.15, 0.2) is 0 Å². The summed E-state index contributed by atoms with van der Waals surface area (Å²) in [5.41, 5.74) is 0. The van der Waals surface area contributed by atoms with E-state index in [-0.39, 0.29) is 23.8 Å². The number of hydrogen-bond donors (Lipinski definition) is 1. The molecular formula is C20H38N4O2. The lowest BCUT2D eigenvalue weighted by Crippen LogP contribution is -2.48. The molecule has 6 heteroatoms. The van der Waals surface area contributed by atoms with Crippen LogP contribution >= 0.6 is 0 Å². The monoisotopic (exact) mass is 366 g/mol. The highest BCUT2D eigenvalue weighted by molar-refractivity contribution is 5.81. The van der Waals surface area contributed by atoms with Gasteiger partial charge in [0.05, 0.1) is 6.54 Å². The number of likely N-dealkylation sites (tertiary alicyclic amines) is 2. The Labute approximate surface area is 159 Å². The Morgan fingerprint density at radius 1 is 1.08 bits per heavy atom. The largest absolute Gasteiger partial charge is 0.343 e. The van der Waals surface area contributed by atoms with Crippen LogP contribution in [0.25, 0.3) is 0 Å². The standard InChI is InChI=1S/C20H38N4O2/c1-16(2)22(4)20(26)18-8-13-24(14-9-18)19(25)15-23-11-6-17(7-12-23)5-10-21-3/h16-18,21H,5-15H2,1-4H3. The van der Waals surface area contributed by atoms with Gasteiger partial charge in [0.1, 0.15) is 0 Å². The molecule has 26 heavy (non-hydrogen) atoms. The van der Waals surface area contributed by atoms with Gasteiger partial charge in [-0.1, -0.05) is 0 Å². The summed E-state index contributed by atoms with van der Waals surface area (Å²) in [6.45, 7) is 9.23. The smallest absolute Gasteiger partial charge is 0.236 e. The molecule has 6 nitrogen and oxygen atoms in total. The van der Waals surface area contributed by atoms with Gasteiger partial charge in [-0.3, -0.25) is 14.5 Å². The van der Waals surface area contributed by atoms with Crippen LogP contribution in [0.4, 0.5) is 0 Å². The molecule has 0 bridgehead atoms. The van der Waals surface area contributed by atoms with E-state index in [1.54, 1.807) is 0 Å². The molecule has 0 aromatic heterocycles. The SMILES string of the molecule is CNCCC1CCN(CC(=O)N2CCC(C(=O)N(C)C(C)C)CC2)CC1. The lowest BCUT2D eigenvalue weighted by Gasteiger charge is -2.36. The Kier molecular flexibility index (Phi) is 8.35. The minimum Gasteiger partial charge on any atom is -0.343 e. The van der Waals surface area contributed by atoms with Crippen molar-refractivity contribution in [2.24, 2.45) is 11.8 Å². The second-order valence-electron chi connectivity index (χ2n) is 8.31. The van der Waals surface area contributed by atoms with Crippen LogP contribution in [-0.2, 0) is 9.59 Å². The molecule has 0 aromatic rings. The fourth-order valence-electron chi connectivity index (χ4n) is 3.99. The second kappa shape index (κ2) is 10.3. The van der Waals surface area contributed by atoms with E-state index in [1.807, 2.05) is 37.7 Å². The Balaban J connectivity index is 1.70. The van der Waals surface area contributed by atoms with E-state index in [1.165, 1.54) is 19.3 Å². The van der Waals surface area contributed by atoms with Gasteiger partial charge in [0.25, 0.3) is 0 Å². The van der Waals surface area contributed by atoms with E-state index in [2.05, 4.69) is 10.2 Å². The molecule has 2 aliphatic heterocycles. The summed E-state index contributed by atoms with van der Waals surface area (Å²) < 4.78 is 0. The number of amides is 2. The topological polar surface area (TPSA) is 55.9 Å². The molecule has 0 atom stereocenters. The van der Waals surface area contributed by atoms with Crippen molar-refractivity contribution >= 4 is 11.8 Å². The highest BCUT2D eigenvalue weighted by atomic mass is 16.2. The van der Waals surface area contributed by atoms with Gasteiger partial charge in [-0.2, -0.15) is 0 Å². The van der Waals surface area contributed by atoms with Crippen molar-refractivity contribution < 1.29 is 9.59 Å². The maximum absolute atomic E-state index is 12.6. The van der Waals surface area contributed by atoms with E-state index < -0.39 is 0 Å². The average molecular weight is 367 g/mol. The third kappa shape index (κ3) is 5.95. The van der Waals surface area contributed by atoms with Crippen molar-refractivity contribution in [3.8, 4) is 0 Å². The Morgan fingerprint density at radius 2 is 1.69 bits per heavy atom. The van der Waals surface area contributed by atoms with Crippen molar-refractivity contribution in [1.29, 1.82) is 0 Å². The molecule has 150 valence electrons. The zero-order valence-corrected chi connectivity index (χ0v) is 17.2. The molecule has 2 fully saturated rings. The number of piperidine rings is 2. The lowest BCUT2D eigenvalue weighted by atomic mass is 9.93. The first kappa shape index (κ1) is 21.2. The summed E-state index contributed by atoms with van der Waals surface area (Å²) >= 11 is 0. The Morgan fingerprint density at radius 3 is 2.23 bits per heavy atom. The van der Waals surface area contributed by atoms with Crippen molar-refractivity contribution in [1.82, 2.24) is 20.0 Å². The van der Waals surface area contributed by atoms with E-state index in [9.17, 15) is 9.59 Å². The molecule has 2 amide bonds. The van der Waals surface area contributed by atoms with Gasteiger partial charge in [0, 0.05) is 32.1 Å². The third-order valence-electron chi connectivity index (χ3n) is 6.19. The van der Waals surface area contributed by atoms with Crippen molar-refractivity contribution in [2.75, 3.05) is 53.4 Å². The van der Waals surface area contributed by atoms with E-state index >= 15 is 0 Å². The summed E-state index contributed by atoms with van der Waals surface area (Å²) in [6.07, 6.45) is 5.24. The molecule has 0 saturated carbocycles. The summed E-state index contributed by atoms with van der Waals surface area (Å²) in [4.78, 5) is 31.2. The van der Waals surface area contributed by atoms with Crippen LogP contribution in [0, 0.1) is 11.8 Å². The van der Waals surface area contributed by atoms with Crippen molar-refractivity contribution in [3.05, 3.63) is 0 Å². The Bertz CT molecular complexity index is 453. The number of carbonyl (C=O) groups excluding carboxylic acids is 2. The number of hydrogen-bond acceptors (Lipinski definition) is 4. The van der Waals surface area contributed by atoms with Crippen LogP contribution in [-0.4, -0.2) is 85.9 Å². The number of carbonyl (C=O) groups is 2. The van der Waals surface area contributed by atoms with E-state index in [0.717, 1.165) is 51.5 Å². The molecule has 0 spiro atoms. The fraction of sp³-hybridized carbons (Fsp3) is 0.900. The van der Waals surface area contributed by atoms with Gasteiger partial charge >= 0.3 is 0 Å². The minimum atomic E-state index is 0.0781. The predicted octanol–water partition coefficient (Wildman–Crippen LogP) is 1.41. The summed E-state index contributed by atoms with van der Waals surface area (Å²) in [5.74, 6) is 1.35. The van der Waals surface area contributed by atoms with Gasteiger partial charge < -0.3 is 15.1 Å². The number of nitrogens with zero attached hydrogens (tertiary/aromatic N) is 3. The molecule has 0 aliphatic carbocycles. The number of rotatable bonds is 7. The molecule has 2 rings (SSSR count). The predicted molar refractivity (Wildman–Crippen MR) is 105 cm³/mol. The molecule has 2 heterocycles. The third-order valence-corrected chi connectivity index (χ3v) is 6.19. The van der Waals surface area contributed by atoms with Crippen LogP contribution in [0.1, 0.15) is 46.0 Å². The second-order valence-corrected chi connectivity index (χ2v) is 8.31. The first-order valence-corrected chi connectivity index (χ1v) is 10.3. The first-order valence-electron chi connectivity index (χ1n) is 10.3. The van der Waals surface area contributed by atoms with Gasteiger partial charge in [-0.05, 0) is 78.6 Å². The molecule has 1 N–H and O–H groups in total.